The first kappa shape index (κ1) is 18.8. The van der Waals surface area contributed by atoms with E-state index in [0.717, 1.165) is 0 Å². The predicted octanol–water partition coefficient (Wildman–Crippen LogP) is 3.86. The van der Waals surface area contributed by atoms with E-state index in [9.17, 15) is 23.1 Å². The summed E-state index contributed by atoms with van der Waals surface area (Å²) in [7, 11) is 0. The highest BCUT2D eigenvalue weighted by Gasteiger charge is 2.39. The van der Waals surface area contributed by atoms with Crippen LogP contribution in [0.1, 0.15) is 25.5 Å². The molecule has 2 aromatic carbocycles. The van der Waals surface area contributed by atoms with E-state index in [1.165, 1.54) is 30.0 Å². The number of aliphatic hydroxyl groups is 1. The minimum Gasteiger partial charge on any atom is -0.379 e. The summed E-state index contributed by atoms with van der Waals surface area (Å²) in [6, 6.07) is 8.72. The Morgan fingerprint density at radius 3 is 2.59 bits per heavy atom. The Balaban J connectivity index is 2.14. The number of hydrogen-bond donors (Lipinski definition) is 1. The molecule has 0 fully saturated rings. The van der Waals surface area contributed by atoms with Crippen LogP contribution >= 0.6 is 0 Å². The molecule has 3 aromatic rings. The van der Waals surface area contributed by atoms with Crippen molar-refractivity contribution in [2.24, 2.45) is 0 Å². The van der Waals surface area contributed by atoms with Gasteiger partial charge in [-0.1, -0.05) is 18.2 Å². The Morgan fingerprint density at radius 1 is 1.22 bits per heavy atom. The van der Waals surface area contributed by atoms with Crippen molar-refractivity contribution in [1.29, 1.82) is 0 Å². The number of alkyl halides is 3. The fourth-order valence-electron chi connectivity index (χ4n) is 2.88. The lowest BCUT2D eigenvalue weighted by Crippen LogP contribution is -2.28. The molecule has 27 heavy (non-hydrogen) atoms. The maximum atomic E-state index is 12.8. The van der Waals surface area contributed by atoms with Gasteiger partial charge >= 0.3 is 6.18 Å². The Bertz CT molecular complexity index is 985. The molecular formula is C18H16F3N3O3. The predicted molar refractivity (Wildman–Crippen MR) is 92.0 cm³/mol. The highest BCUT2D eigenvalue weighted by atomic mass is 19.4. The summed E-state index contributed by atoms with van der Waals surface area (Å²) in [5.74, 6) is -0.222. The van der Waals surface area contributed by atoms with E-state index >= 15 is 0 Å². The zero-order chi connectivity index (χ0) is 19.8. The molecule has 3 rings (SSSR count). The number of carbonyl (C=O) groups is 1. The molecule has 9 heteroatoms. The lowest BCUT2D eigenvalue weighted by Gasteiger charge is -2.20. The molecule has 1 aromatic heterocycles. The van der Waals surface area contributed by atoms with E-state index in [1.807, 2.05) is 0 Å². The number of nitrogens with zero attached hydrogens (tertiary/aromatic N) is 3. The molecule has 0 aliphatic carbocycles. The van der Waals surface area contributed by atoms with Crippen LogP contribution in [-0.4, -0.2) is 34.0 Å². The molecule has 0 spiro atoms. The van der Waals surface area contributed by atoms with Crippen LogP contribution in [0.2, 0.25) is 0 Å². The van der Waals surface area contributed by atoms with Gasteiger partial charge in [-0.2, -0.15) is 13.2 Å². The van der Waals surface area contributed by atoms with Crippen LogP contribution in [0.4, 0.5) is 18.9 Å². The zero-order valence-corrected chi connectivity index (χ0v) is 14.5. The monoisotopic (exact) mass is 379 g/mol. The van der Waals surface area contributed by atoms with Gasteiger partial charge in [-0.25, -0.2) is 4.63 Å². The number of carbonyl (C=O) groups excluding carboxylic acids is 1. The van der Waals surface area contributed by atoms with E-state index in [2.05, 4.69) is 10.3 Å². The normalized spacial score (nSPS) is 13.0. The minimum atomic E-state index is -4.77. The number of aliphatic hydroxyl groups excluding tert-OH is 1. The van der Waals surface area contributed by atoms with E-state index in [1.54, 1.807) is 25.1 Å². The van der Waals surface area contributed by atoms with Crippen molar-refractivity contribution >= 4 is 22.6 Å². The van der Waals surface area contributed by atoms with Crippen LogP contribution < -0.4 is 4.90 Å². The van der Waals surface area contributed by atoms with Crippen LogP contribution in [0.25, 0.3) is 22.2 Å². The fourth-order valence-corrected chi connectivity index (χ4v) is 2.88. The summed E-state index contributed by atoms with van der Waals surface area (Å²) in [4.78, 5) is 13.4. The fraction of sp³-hybridized carbons (Fsp3) is 0.278. The lowest BCUT2D eigenvalue weighted by atomic mass is 9.99. The van der Waals surface area contributed by atoms with Crippen molar-refractivity contribution in [3.8, 4) is 11.1 Å². The second kappa shape index (κ2) is 6.99. The molecule has 0 radical (unpaired) electrons. The highest BCUT2D eigenvalue weighted by Crippen LogP contribution is 2.36. The van der Waals surface area contributed by atoms with Crippen LogP contribution in [0.3, 0.4) is 0 Å². The van der Waals surface area contributed by atoms with Crippen molar-refractivity contribution in [1.82, 2.24) is 10.3 Å². The quantitative estimate of drug-likeness (QED) is 0.745. The summed E-state index contributed by atoms with van der Waals surface area (Å²) in [5, 5.41) is 17.1. The summed E-state index contributed by atoms with van der Waals surface area (Å²) in [6.45, 7) is 3.55. The molecule has 1 amide bonds. The molecule has 1 atom stereocenters. The average molecular weight is 379 g/mol. The molecule has 142 valence electrons. The van der Waals surface area contributed by atoms with Gasteiger partial charge in [-0.05, 0) is 52.1 Å². The first-order valence-electron chi connectivity index (χ1n) is 8.12. The van der Waals surface area contributed by atoms with Crippen molar-refractivity contribution in [2.45, 2.75) is 26.1 Å². The number of amides is 1. The molecule has 1 heterocycles. The lowest BCUT2D eigenvalue weighted by molar-refractivity contribution is -0.206. The van der Waals surface area contributed by atoms with E-state index in [4.69, 9.17) is 4.63 Å². The second-order valence-corrected chi connectivity index (χ2v) is 5.96. The highest BCUT2D eigenvalue weighted by molar-refractivity contribution is 6.02. The Kier molecular flexibility index (Phi) is 4.88. The van der Waals surface area contributed by atoms with Gasteiger partial charge in [0.25, 0.3) is 0 Å². The summed E-state index contributed by atoms with van der Waals surface area (Å²) in [5.41, 5.74) is 1.86. The van der Waals surface area contributed by atoms with E-state index < -0.39 is 12.3 Å². The van der Waals surface area contributed by atoms with Gasteiger partial charge in [0.15, 0.2) is 11.6 Å². The van der Waals surface area contributed by atoms with Gasteiger partial charge in [0.05, 0.1) is 5.69 Å². The smallest absolute Gasteiger partial charge is 0.379 e. The summed E-state index contributed by atoms with van der Waals surface area (Å²) >= 11 is 0. The first-order chi connectivity index (χ1) is 12.7. The molecular weight excluding hydrogens is 363 g/mol. The Hall–Kier alpha value is -2.94. The van der Waals surface area contributed by atoms with Crippen molar-refractivity contribution < 1.29 is 27.7 Å². The molecule has 6 nitrogen and oxygen atoms in total. The average Bonchev–Trinajstić information content (AvgIpc) is 3.09. The van der Waals surface area contributed by atoms with Gasteiger partial charge in [0, 0.05) is 13.5 Å². The molecule has 0 aliphatic rings. The molecule has 0 saturated heterocycles. The number of anilines is 1. The van der Waals surface area contributed by atoms with Crippen molar-refractivity contribution in [2.75, 3.05) is 11.4 Å². The Morgan fingerprint density at radius 2 is 1.96 bits per heavy atom. The SMILES string of the molecule is CCN(C(C)=O)c1cc(-c2cccc(C(O)C(F)(F)F)c2)cc2nonc12. The van der Waals surface area contributed by atoms with Gasteiger partial charge in [-0.15, -0.1) is 0 Å². The zero-order valence-electron chi connectivity index (χ0n) is 14.5. The van der Waals surface area contributed by atoms with Crippen molar-refractivity contribution in [3.63, 3.8) is 0 Å². The van der Waals surface area contributed by atoms with Gasteiger partial charge in [0.1, 0.15) is 5.52 Å². The maximum absolute atomic E-state index is 12.8. The standard InChI is InChI=1S/C18H16F3N3O3/c1-3-24(10(2)25)15-9-13(8-14-16(15)23-27-22-14)11-5-4-6-12(7-11)17(26)18(19,20)21/h4-9,17,26H,3H2,1-2H3. The Labute approximate surface area is 152 Å². The molecule has 0 saturated carbocycles. The third-order valence-electron chi connectivity index (χ3n) is 4.17. The van der Waals surface area contributed by atoms with Crippen LogP contribution in [-0.2, 0) is 4.79 Å². The van der Waals surface area contributed by atoms with Crippen LogP contribution in [0.15, 0.2) is 41.0 Å². The number of rotatable bonds is 4. The number of aromatic nitrogens is 2. The topological polar surface area (TPSA) is 79.5 Å². The second-order valence-electron chi connectivity index (χ2n) is 5.96. The summed E-state index contributed by atoms with van der Waals surface area (Å²) < 4.78 is 43.2. The molecule has 1 unspecified atom stereocenters. The number of hydrogen-bond acceptors (Lipinski definition) is 5. The third kappa shape index (κ3) is 3.63. The largest absolute Gasteiger partial charge is 0.418 e. The van der Waals surface area contributed by atoms with E-state index in [0.29, 0.717) is 34.4 Å². The first-order valence-corrected chi connectivity index (χ1v) is 8.12. The molecule has 1 N–H and O–H groups in total. The van der Waals surface area contributed by atoms with Gasteiger partial charge < -0.3 is 10.0 Å². The molecule has 0 aliphatic heterocycles. The van der Waals surface area contributed by atoms with Crippen LogP contribution in [0, 0.1) is 0 Å². The van der Waals surface area contributed by atoms with Gasteiger partial charge in [-0.3, -0.25) is 4.79 Å². The van der Waals surface area contributed by atoms with E-state index in [-0.39, 0.29) is 11.5 Å². The minimum absolute atomic E-state index is 0.222. The molecule has 0 bridgehead atoms. The maximum Gasteiger partial charge on any atom is 0.418 e. The van der Waals surface area contributed by atoms with Crippen molar-refractivity contribution in [3.05, 3.63) is 42.0 Å². The summed E-state index contributed by atoms with van der Waals surface area (Å²) in [6.07, 6.45) is -7.35. The number of halogens is 3. The third-order valence-corrected chi connectivity index (χ3v) is 4.17. The van der Waals surface area contributed by atoms with Crippen LogP contribution in [0.5, 0.6) is 0 Å². The van der Waals surface area contributed by atoms with Gasteiger partial charge in [0.2, 0.25) is 5.91 Å². The number of benzene rings is 2. The number of fused-ring (bicyclic) bond motifs is 1.